The minimum atomic E-state index is -1.44. The highest BCUT2D eigenvalue weighted by Gasteiger charge is 2.47. The summed E-state index contributed by atoms with van der Waals surface area (Å²) in [6.45, 7) is 3.49. The van der Waals surface area contributed by atoms with Crippen LogP contribution in [0, 0.1) is 5.92 Å². The molecule has 15 unspecified atom stereocenters. The van der Waals surface area contributed by atoms with Crippen molar-refractivity contribution in [2.24, 2.45) is 5.92 Å². The number of rotatable bonds is 68. The van der Waals surface area contributed by atoms with Gasteiger partial charge in [0.25, 0.3) is 0 Å². The van der Waals surface area contributed by atoms with Gasteiger partial charge in [-0.3, -0.25) is 47.9 Å². The van der Waals surface area contributed by atoms with Gasteiger partial charge in [0.15, 0.2) is 18.9 Å². The molecule has 0 radical (unpaired) electrons. The number of ketones is 6. The van der Waals surface area contributed by atoms with Gasteiger partial charge in [0, 0.05) is 150 Å². The molecule has 33 nitrogen and oxygen atoms in total. The molecular weight excluding hydrogens is 1460 g/mol. The van der Waals surface area contributed by atoms with Crippen LogP contribution < -0.4 is 21.3 Å². The van der Waals surface area contributed by atoms with Gasteiger partial charge in [-0.2, -0.15) is 0 Å². The van der Waals surface area contributed by atoms with Gasteiger partial charge < -0.3 is 115 Å². The zero-order valence-corrected chi connectivity index (χ0v) is 66.3. The average Bonchev–Trinajstić information content (AvgIpc) is 0.826. The van der Waals surface area contributed by atoms with E-state index in [0.717, 1.165) is 25.7 Å². The first-order valence-corrected chi connectivity index (χ1v) is 40.4. The number of aliphatic hydroxyl groups is 9. The number of ether oxygens (including phenoxy) is 10. The number of hydrogen-bond donors (Lipinski definition) is 13. The van der Waals surface area contributed by atoms with Crippen LogP contribution in [0.2, 0.25) is 0 Å². The molecule has 0 aromatic rings. The highest BCUT2D eigenvalue weighted by atomic mass is 16.7. The Bertz CT molecular complexity index is 2540. The number of amides is 4. The lowest BCUT2D eigenvalue weighted by Gasteiger charge is -2.42. The Labute approximate surface area is 654 Å². The largest absolute Gasteiger partial charge is 0.394 e. The molecule has 3 fully saturated rings. The molecule has 642 valence electrons. The average molecular weight is 1590 g/mol. The van der Waals surface area contributed by atoms with Crippen molar-refractivity contribution in [3.05, 3.63) is 0 Å². The van der Waals surface area contributed by atoms with Crippen molar-refractivity contribution in [3.8, 4) is 0 Å². The molecule has 0 aliphatic carbocycles. The van der Waals surface area contributed by atoms with Crippen molar-refractivity contribution in [2.75, 3.05) is 99.5 Å². The fraction of sp³-hybridized carbons (Fsp3) is 0.872. The maximum Gasteiger partial charge on any atom is 0.220 e. The van der Waals surface area contributed by atoms with E-state index in [1.165, 1.54) is 13.8 Å². The van der Waals surface area contributed by atoms with E-state index in [-0.39, 0.29) is 171 Å². The number of carbonyl (C=O) groups excluding carboxylic acids is 10. The highest BCUT2D eigenvalue weighted by Crippen LogP contribution is 2.29. The van der Waals surface area contributed by atoms with Crippen LogP contribution in [0.5, 0.6) is 0 Å². The Morgan fingerprint density at radius 1 is 0.342 bits per heavy atom. The van der Waals surface area contributed by atoms with Crippen molar-refractivity contribution in [2.45, 2.75) is 331 Å². The van der Waals surface area contributed by atoms with Gasteiger partial charge in [0.1, 0.15) is 101 Å². The number of nitrogens with one attached hydrogen (secondary N) is 4. The van der Waals surface area contributed by atoms with Crippen LogP contribution in [-0.2, 0) is 95.3 Å². The van der Waals surface area contributed by atoms with Crippen LogP contribution in [0.25, 0.3) is 0 Å². The van der Waals surface area contributed by atoms with Gasteiger partial charge in [-0.05, 0) is 96.3 Å². The minimum Gasteiger partial charge on any atom is -0.394 e. The molecule has 3 rings (SSSR count). The van der Waals surface area contributed by atoms with Gasteiger partial charge in [0.05, 0.1) is 65.6 Å². The normalized spacial score (nSPS) is 24.5. The lowest BCUT2D eigenvalue weighted by Crippen LogP contribution is -2.64. The summed E-state index contributed by atoms with van der Waals surface area (Å²) >= 11 is 0. The summed E-state index contributed by atoms with van der Waals surface area (Å²) in [4.78, 5) is 128. The maximum atomic E-state index is 13.9. The van der Waals surface area contributed by atoms with Crippen LogP contribution in [0.1, 0.15) is 239 Å². The van der Waals surface area contributed by atoms with E-state index in [9.17, 15) is 93.9 Å². The molecule has 0 spiro atoms. The smallest absolute Gasteiger partial charge is 0.220 e. The van der Waals surface area contributed by atoms with Crippen LogP contribution in [0.3, 0.4) is 0 Å². The van der Waals surface area contributed by atoms with Gasteiger partial charge in [0.2, 0.25) is 23.6 Å². The van der Waals surface area contributed by atoms with E-state index in [0.29, 0.717) is 135 Å². The molecule has 4 amide bonds. The fourth-order valence-corrected chi connectivity index (χ4v) is 13.1. The molecule has 3 heterocycles. The van der Waals surface area contributed by atoms with Gasteiger partial charge in [-0.25, -0.2) is 0 Å². The van der Waals surface area contributed by atoms with Gasteiger partial charge >= 0.3 is 0 Å². The third-order valence-electron chi connectivity index (χ3n) is 19.8. The molecule has 3 aliphatic heterocycles. The van der Waals surface area contributed by atoms with E-state index < -0.39 is 135 Å². The Hall–Kier alpha value is -4.86. The molecule has 33 heteroatoms. The maximum absolute atomic E-state index is 13.9. The first-order valence-electron chi connectivity index (χ1n) is 40.4. The topological polar surface area (TPSA) is 493 Å². The zero-order chi connectivity index (χ0) is 81.8. The number of aliphatic hydroxyl groups excluding tert-OH is 9. The van der Waals surface area contributed by atoms with Crippen molar-refractivity contribution in [1.29, 1.82) is 0 Å². The van der Waals surface area contributed by atoms with Crippen molar-refractivity contribution in [3.63, 3.8) is 0 Å². The van der Waals surface area contributed by atoms with Gasteiger partial charge in [-0.15, -0.1) is 0 Å². The second-order valence-electron chi connectivity index (χ2n) is 29.7. The number of Topliss-reactive ketones (excluding diaryl/α,β-unsaturated/α-hetero) is 6. The summed E-state index contributed by atoms with van der Waals surface area (Å²) in [6.07, 6.45) is 0.412. The summed E-state index contributed by atoms with van der Waals surface area (Å²) < 4.78 is 57.6. The first kappa shape index (κ1) is 100. The second kappa shape index (κ2) is 59.8. The number of unbranched alkanes of at least 4 members (excludes halogenated alkanes) is 12. The van der Waals surface area contributed by atoms with E-state index in [2.05, 4.69) is 21.3 Å². The van der Waals surface area contributed by atoms with Crippen molar-refractivity contribution < 1.29 is 141 Å². The minimum absolute atomic E-state index is 0.0288. The van der Waals surface area contributed by atoms with E-state index in [1.54, 1.807) is 14.0 Å². The van der Waals surface area contributed by atoms with Crippen LogP contribution in [0.15, 0.2) is 0 Å². The summed E-state index contributed by atoms with van der Waals surface area (Å²) in [5, 5.41) is 102. The fourth-order valence-electron chi connectivity index (χ4n) is 13.1. The molecule has 0 aromatic heterocycles. The molecule has 13 N–H and O–H groups in total. The van der Waals surface area contributed by atoms with E-state index >= 15 is 0 Å². The first-order chi connectivity index (χ1) is 53.3. The molecule has 0 bridgehead atoms. The molecule has 15 atom stereocenters. The summed E-state index contributed by atoms with van der Waals surface area (Å²) in [5.74, 6) is -2.21. The lowest BCUT2D eigenvalue weighted by molar-refractivity contribution is -0.282. The Balaban J connectivity index is 1.55. The lowest BCUT2D eigenvalue weighted by atomic mass is 9.92. The Kier molecular flexibility index (Phi) is 54.0. The molecule has 111 heavy (non-hydrogen) atoms. The molecule has 0 aromatic carbocycles. The van der Waals surface area contributed by atoms with E-state index in [4.69, 9.17) is 47.4 Å². The molecule has 3 saturated heterocycles. The standard InChI is InChI=1S/C78H136N4O29/c1-53-69(96)70(97)62(47-83)109-75(53)106-41-21-16-31-56(88)25-10-7-13-28-59(91)36-44-103-50-78(82-66(95)35-24-34-65(94)79-39-19-5-6-20-40-102-4,51-104-45-37-60(92)29-14-8-11-26-57(89)32-17-22-42-107-76-67(80-54(2)86)73(100)71(98)63(48-84)110-76)52-105-46-38-61(93)30-15-9-12-27-58(90)33-18-23-43-108-77-68(81-55(3)87)74(101)72(99)64(49-85)111-77/h53,62-64,67-77,83-85,96-101H,5-52H2,1-4H3,(H,79,94)(H,80,86)(H,81,87)(H,82,95). The number of hydrogen-bond acceptors (Lipinski definition) is 29. The highest BCUT2D eigenvalue weighted by molar-refractivity contribution is 5.81. The second-order valence-corrected chi connectivity index (χ2v) is 29.7. The monoisotopic (exact) mass is 1590 g/mol. The van der Waals surface area contributed by atoms with Crippen LogP contribution in [0.4, 0.5) is 0 Å². The van der Waals surface area contributed by atoms with Crippen molar-refractivity contribution >= 4 is 58.3 Å². The third kappa shape index (κ3) is 43.1. The predicted octanol–water partition coefficient (Wildman–Crippen LogP) is 2.34. The van der Waals surface area contributed by atoms with Crippen LogP contribution in [-0.4, -0.2) is 295 Å². The Morgan fingerprint density at radius 3 is 1.01 bits per heavy atom. The SMILES string of the molecule is COCCCCCCNC(=O)CCCC(=O)NC(COCCC(=O)CCCCCC(=O)CCCCOC1OC(CO)C(O)C(O)C1C)(COCCC(=O)CCCCCC(=O)CCCCOC1OC(CO)C(O)C(O)C1NC(C)=O)COCCC(=O)CCCCCC(=O)CCCCOC1OC(CO)C(O)C(O)C1NC(C)=O. The van der Waals surface area contributed by atoms with E-state index in [1.807, 2.05) is 0 Å². The quantitative estimate of drug-likeness (QED) is 0.0389. The number of carbonyl (C=O) groups is 10. The molecule has 0 saturated carbocycles. The van der Waals surface area contributed by atoms with Crippen LogP contribution >= 0.6 is 0 Å². The summed E-state index contributed by atoms with van der Waals surface area (Å²) in [5.41, 5.74) is -1.40. The predicted molar refractivity (Wildman–Crippen MR) is 401 cm³/mol. The zero-order valence-electron chi connectivity index (χ0n) is 66.3. The molecule has 3 aliphatic rings. The van der Waals surface area contributed by atoms with Gasteiger partial charge in [-0.1, -0.05) is 39.0 Å². The summed E-state index contributed by atoms with van der Waals surface area (Å²) in [6, 6.07) is -2.14. The summed E-state index contributed by atoms with van der Waals surface area (Å²) in [7, 11) is 1.65. The third-order valence-corrected chi connectivity index (χ3v) is 19.8. The Morgan fingerprint density at radius 2 is 0.649 bits per heavy atom. The molecular formula is C78H136N4O29. The van der Waals surface area contributed by atoms with Crippen molar-refractivity contribution in [1.82, 2.24) is 21.3 Å². The number of methoxy groups -OCH3 is 1.